The van der Waals surface area contributed by atoms with Gasteiger partial charge >= 0.3 is 6.09 Å². The van der Waals surface area contributed by atoms with E-state index in [1.165, 1.54) is 4.90 Å². The number of rotatable bonds is 5. The predicted molar refractivity (Wildman–Crippen MR) is 103 cm³/mol. The van der Waals surface area contributed by atoms with Crippen LogP contribution in [0.15, 0.2) is 29.2 Å². The minimum absolute atomic E-state index is 0.240. The third-order valence-electron chi connectivity index (χ3n) is 3.55. The van der Waals surface area contributed by atoms with Gasteiger partial charge in [-0.2, -0.15) is 0 Å². The van der Waals surface area contributed by atoms with E-state index in [9.17, 15) is 4.79 Å². The minimum atomic E-state index is -0.240. The Morgan fingerprint density at radius 2 is 1.88 bits per heavy atom. The molecule has 5 nitrogen and oxygen atoms in total. The fourth-order valence-electron chi connectivity index (χ4n) is 2.28. The topological polar surface area (TPSA) is 44.8 Å². The minimum Gasteiger partial charge on any atom is -0.450 e. The molecule has 0 spiro atoms. The molecule has 0 aliphatic carbocycles. The van der Waals surface area contributed by atoms with Crippen LogP contribution < -0.4 is 5.32 Å². The molecule has 1 aliphatic rings. The Hall–Kier alpha value is -1.18. The summed E-state index contributed by atoms with van der Waals surface area (Å²) in [5, 5.41) is 4.78. The number of hydrogen-bond acceptors (Lipinski definition) is 4. The van der Waals surface area contributed by atoms with Crippen molar-refractivity contribution in [1.29, 1.82) is 0 Å². The van der Waals surface area contributed by atoms with Crippen LogP contribution >= 0.6 is 35.6 Å². The first kappa shape index (κ1) is 19.1. The molecule has 1 saturated heterocycles. The van der Waals surface area contributed by atoms with Crippen molar-refractivity contribution in [3.05, 3.63) is 29.3 Å². The lowest BCUT2D eigenvalue weighted by Crippen LogP contribution is -2.53. The lowest BCUT2D eigenvalue weighted by atomic mass is 10.3. The van der Waals surface area contributed by atoms with Crippen LogP contribution in [-0.2, 0) is 4.74 Å². The highest BCUT2D eigenvalue weighted by Crippen LogP contribution is 2.19. The molecule has 1 N–H and O–H groups in total. The van der Waals surface area contributed by atoms with E-state index in [-0.39, 0.29) is 6.09 Å². The summed E-state index contributed by atoms with van der Waals surface area (Å²) in [4.78, 5) is 16.7. The van der Waals surface area contributed by atoms with Crippen molar-refractivity contribution in [3.8, 4) is 0 Å². The number of thiocarbonyl (C=S) groups is 1. The number of piperazine rings is 1. The van der Waals surface area contributed by atoms with Gasteiger partial charge in [0, 0.05) is 48.4 Å². The Balaban J connectivity index is 1.63. The quantitative estimate of drug-likeness (QED) is 0.476. The van der Waals surface area contributed by atoms with Gasteiger partial charge in [-0.3, -0.25) is 0 Å². The number of carbonyl (C=O) groups excluding carboxylic acids is 1. The van der Waals surface area contributed by atoms with Crippen LogP contribution in [0.2, 0.25) is 5.02 Å². The molecule has 1 amide bonds. The van der Waals surface area contributed by atoms with Crippen molar-refractivity contribution in [2.24, 2.45) is 0 Å². The van der Waals surface area contributed by atoms with Crippen molar-refractivity contribution in [3.63, 3.8) is 0 Å². The van der Waals surface area contributed by atoms with Crippen LogP contribution in [0, 0.1) is 0 Å². The molecule has 1 aliphatic heterocycles. The summed E-state index contributed by atoms with van der Waals surface area (Å²) in [6.45, 7) is 5.76. The maximum Gasteiger partial charge on any atom is 0.409 e. The van der Waals surface area contributed by atoms with Gasteiger partial charge in [0.1, 0.15) is 0 Å². The van der Waals surface area contributed by atoms with E-state index in [0.29, 0.717) is 19.7 Å². The molecule has 0 saturated carbocycles. The van der Waals surface area contributed by atoms with Gasteiger partial charge < -0.3 is 19.9 Å². The summed E-state index contributed by atoms with van der Waals surface area (Å²) >= 11 is 13.1. The molecule has 8 heteroatoms. The number of carbonyl (C=O) groups is 1. The Bertz CT molecular complexity index is 549. The monoisotopic (exact) mass is 387 g/mol. The van der Waals surface area contributed by atoms with E-state index in [4.69, 9.17) is 28.6 Å². The lowest BCUT2D eigenvalue weighted by molar-refractivity contribution is 0.0919. The van der Waals surface area contributed by atoms with Gasteiger partial charge in [-0.15, -0.1) is 11.8 Å². The van der Waals surface area contributed by atoms with Crippen LogP contribution in [0.25, 0.3) is 0 Å². The number of amides is 1. The van der Waals surface area contributed by atoms with Gasteiger partial charge in [0.05, 0.1) is 6.61 Å². The zero-order chi connectivity index (χ0) is 17.4. The molecule has 1 aromatic carbocycles. The largest absolute Gasteiger partial charge is 0.450 e. The van der Waals surface area contributed by atoms with Crippen molar-refractivity contribution < 1.29 is 9.53 Å². The van der Waals surface area contributed by atoms with Gasteiger partial charge in [0.15, 0.2) is 5.11 Å². The van der Waals surface area contributed by atoms with Gasteiger partial charge in [-0.25, -0.2) is 4.79 Å². The first-order chi connectivity index (χ1) is 11.6. The number of benzene rings is 1. The van der Waals surface area contributed by atoms with Gasteiger partial charge in [0.2, 0.25) is 0 Å². The summed E-state index contributed by atoms with van der Waals surface area (Å²) in [7, 11) is 0. The molecule has 0 aromatic heterocycles. The second-order valence-electron chi connectivity index (χ2n) is 5.21. The number of ether oxygens (including phenoxy) is 1. The average Bonchev–Trinajstić information content (AvgIpc) is 2.60. The van der Waals surface area contributed by atoms with Crippen molar-refractivity contribution in [2.45, 2.75) is 11.8 Å². The Morgan fingerprint density at radius 1 is 1.25 bits per heavy atom. The van der Waals surface area contributed by atoms with Crippen LogP contribution in [0.1, 0.15) is 6.92 Å². The molecule has 2 rings (SSSR count). The number of hydrogen-bond donors (Lipinski definition) is 1. The zero-order valence-electron chi connectivity index (χ0n) is 13.7. The molecular formula is C16H22ClN3O2S2. The third kappa shape index (κ3) is 6.03. The van der Waals surface area contributed by atoms with E-state index < -0.39 is 0 Å². The molecular weight excluding hydrogens is 366 g/mol. The van der Waals surface area contributed by atoms with Crippen molar-refractivity contribution >= 4 is 46.8 Å². The van der Waals surface area contributed by atoms with Gasteiger partial charge in [-0.1, -0.05) is 11.6 Å². The molecule has 1 fully saturated rings. The van der Waals surface area contributed by atoms with Gasteiger partial charge in [0.25, 0.3) is 0 Å². The molecule has 1 aromatic rings. The fourth-order valence-corrected chi connectivity index (χ4v) is 3.46. The van der Waals surface area contributed by atoms with Crippen LogP contribution in [0.4, 0.5) is 4.79 Å². The van der Waals surface area contributed by atoms with E-state index in [0.717, 1.165) is 35.5 Å². The summed E-state index contributed by atoms with van der Waals surface area (Å²) in [6.07, 6.45) is -0.240. The second kappa shape index (κ2) is 9.96. The maximum atomic E-state index is 11.7. The van der Waals surface area contributed by atoms with Gasteiger partial charge in [-0.05, 0) is 43.4 Å². The highest BCUT2D eigenvalue weighted by molar-refractivity contribution is 7.99. The van der Waals surface area contributed by atoms with Crippen molar-refractivity contribution in [1.82, 2.24) is 15.1 Å². The van der Waals surface area contributed by atoms with Crippen LogP contribution in [0.5, 0.6) is 0 Å². The summed E-state index contributed by atoms with van der Waals surface area (Å²) in [6, 6.07) is 7.82. The van der Waals surface area contributed by atoms with Crippen LogP contribution in [0.3, 0.4) is 0 Å². The van der Waals surface area contributed by atoms with Crippen LogP contribution in [-0.4, -0.2) is 66.1 Å². The summed E-state index contributed by atoms with van der Waals surface area (Å²) < 4.78 is 5.01. The first-order valence-electron chi connectivity index (χ1n) is 7.93. The predicted octanol–water partition coefficient (Wildman–Crippen LogP) is 3.08. The summed E-state index contributed by atoms with van der Waals surface area (Å²) in [5.41, 5.74) is 0. The van der Waals surface area contributed by atoms with E-state index in [1.54, 1.807) is 16.7 Å². The third-order valence-corrected chi connectivity index (χ3v) is 5.22. The number of thioether (sulfide) groups is 1. The zero-order valence-corrected chi connectivity index (χ0v) is 16.1. The molecule has 132 valence electrons. The van der Waals surface area contributed by atoms with E-state index in [1.807, 2.05) is 31.2 Å². The average molecular weight is 388 g/mol. The molecule has 24 heavy (non-hydrogen) atoms. The van der Waals surface area contributed by atoms with E-state index >= 15 is 0 Å². The lowest BCUT2D eigenvalue weighted by Gasteiger charge is -2.35. The molecule has 1 heterocycles. The standard InChI is InChI=1S/C16H22ClN3O2S2/c1-2-22-16(21)20-10-8-19(9-11-20)15(23)18-7-12-24-14-5-3-13(17)4-6-14/h3-6H,2,7-12H2,1H3,(H,18,23). The number of nitrogens with one attached hydrogen (secondary N) is 1. The second-order valence-corrected chi connectivity index (χ2v) is 7.20. The highest BCUT2D eigenvalue weighted by atomic mass is 35.5. The number of nitrogens with zero attached hydrogens (tertiary/aromatic N) is 2. The smallest absolute Gasteiger partial charge is 0.409 e. The van der Waals surface area contributed by atoms with E-state index in [2.05, 4.69) is 10.2 Å². The molecule has 0 unspecified atom stereocenters. The fraction of sp³-hybridized carbons (Fsp3) is 0.500. The SMILES string of the molecule is CCOC(=O)N1CCN(C(=S)NCCSc2ccc(Cl)cc2)CC1. The van der Waals surface area contributed by atoms with Crippen molar-refractivity contribution in [2.75, 3.05) is 45.1 Å². The normalized spacial score (nSPS) is 14.4. The highest BCUT2D eigenvalue weighted by Gasteiger charge is 2.22. The number of halogens is 1. The first-order valence-corrected chi connectivity index (χ1v) is 9.70. The molecule has 0 bridgehead atoms. The Morgan fingerprint density at radius 3 is 2.50 bits per heavy atom. The summed E-state index contributed by atoms with van der Waals surface area (Å²) in [5.74, 6) is 0.921. The molecule has 0 radical (unpaired) electrons. The maximum absolute atomic E-state index is 11.7. The Labute approximate surface area is 157 Å². The molecule has 0 atom stereocenters. The Kier molecular flexibility index (Phi) is 7.94.